The van der Waals surface area contributed by atoms with Crippen LogP contribution < -0.4 is 14.8 Å². The van der Waals surface area contributed by atoms with Crippen molar-refractivity contribution in [3.63, 3.8) is 0 Å². The minimum Gasteiger partial charge on any atom is -0.493 e. The number of furan rings is 1. The number of benzene rings is 1. The summed E-state index contributed by atoms with van der Waals surface area (Å²) in [5, 5.41) is 2.51. The zero-order valence-electron chi connectivity index (χ0n) is 19.1. The van der Waals surface area contributed by atoms with Gasteiger partial charge in [-0.2, -0.15) is 0 Å². The van der Waals surface area contributed by atoms with Gasteiger partial charge in [0.25, 0.3) is 5.91 Å². The second-order valence-electron chi connectivity index (χ2n) is 7.06. The molecule has 1 saturated heterocycles. The number of hydrogen-bond acceptors (Lipinski definition) is 9. The molecule has 0 radical (unpaired) electrons. The molecule has 1 aromatic heterocycles. The molecule has 0 aliphatic carbocycles. The van der Waals surface area contributed by atoms with E-state index in [1.165, 1.54) is 32.4 Å². The van der Waals surface area contributed by atoms with Crippen LogP contribution in [0.2, 0.25) is 0 Å². The highest BCUT2D eigenvalue weighted by molar-refractivity contribution is 6.13. The van der Waals surface area contributed by atoms with E-state index < -0.39 is 30.0 Å². The molecule has 11 heteroatoms. The van der Waals surface area contributed by atoms with Crippen molar-refractivity contribution < 1.29 is 42.5 Å². The number of urea groups is 1. The number of carbonyl (C=O) groups excluding carboxylic acids is 4. The first-order valence-electron chi connectivity index (χ1n) is 10.3. The third kappa shape index (κ3) is 5.37. The predicted octanol–water partition coefficient (Wildman–Crippen LogP) is 2.50. The number of esters is 2. The van der Waals surface area contributed by atoms with Crippen LogP contribution in [-0.4, -0.2) is 55.7 Å². The van der Waals surface area contributed by atoms with Crippen molar-refractivity contribution in [2.75, 3.05) is 20.8 Å². The van der Waals surface area contributed by atoms with Crippen LogP contribution in [0.1, 0.15) is 35.7 Å². The first-order valence-corrected chi connectivity index (χ1v) is 10.3. The van der Waals surface area contributed by atoms with E-state index in [4.69, 9.17) is 18.6 Å². The third-order valence-electron chi connectivity index (χ3n) is 4.75. The van der Waals surface area contributed by atoms with Crippen LogP contribution in [0.4, 0.5) is 4.79 Å². The lowest BCUT2D eigenvalue weighted by atomic mass is 10.1. The molecule has 180 valence electrons. The van der Waals surface area contributed by atoms with Gasteiger partial charge in [-0.3, -0.25) is 9.69 Å². The summed E-state index contributed by atoms with van der Waals surface area (Å²) < 4.78 is 25.8. The maximum Gasteiger partial charge on any atom is 0.373 e. The van der Waals surface area contributed by atoms with Gasteiger partial charge in [-0.15, -0.1) is 0 Å². The highest BCUT2D eigenvalue weighted by Gasteiger charge is 2.34. The van der Waals surface area contributed by atoms with Crippen LogP contribution in [0.3, 0.4) is 0 Å². The molecule has 0 spiro atoms. The van der Waals surface area contributed by atoms with Crippen LogP contribution in [-0.2, 0) is 25.6 Å². The summed E-state index contributed by atoms with van der Waals surface area (Å²) in [6, 6.07) is 7.06. The molecule has 0 unspecified atom stereocenters. The Labute approximate surface area is 195 Å². The van der Waals surface area contributed by atoms with Gasteiger partial charge in [-0.25, -0.2) is 14.4 Å². The second kappa shape index (κ2) is 10.6. The van der Waals surface area contributed by atoms with Gasteiger partial charge >= 0.3 is 18.0 Å². The number of nitrogens with one attached hydrogen (secondary N) is 1. The monoisotopic (exact) mass is 472 g/mol. The van der Waals surface area contributed by atoms with E-state index >= 15 is 0 Å². The smallest absolute Gasteiger partial charge is 0.373 e. The summed E-state index contributed by atoms with van der Waals surface area (Å²) in [6.45, 7) is 3.33. The fourth-order valence-electron chi connectivity index (χ4n) is 3.08. The number of nitrogens with zero attached hydrogens (tertiary/aromatic N) is 1. The fourth-order valence-corrected chi connectivity index (χ4v) is 3.08. The summed E-state index contributed by atoms with van der Waals surface area (Å²) in [5.41, 5.74) is 0.588. The Bertz CT molecular complexity index is 1140. The summed E-state index contributed by atoms with van der Waals surface area (Å²) in [6.07, 6.45) is 0.632. The van der Waals surface area contributed by atoms with Gasteiger partial charge < -0.3 is 28.7 Å². The molecule has 1 aliphatic heterocycles. The Kier molecular flexibility index (Phi) is 7.57. The normalized spacial score (nSPS) is 15.2. The predicted molar refractivity (Wildman–Crippen MR) is 117 cm³/mol. The van der Waals surface area contributed by atoms with E-state index in [9.17, 15) is 19.2 Å². The molecule has 1 aliphatic rings. The van der Waals surface area contributed by atoms with Gasteiger partial charge in [-0.05, 0) is 49.8 Å². The first kappa shape index (κ1) is 24.4. The Morgan fingerprint density at radius 2 is 1.91 bits per heavy atom. The standard InChI is InChI=1S/C23H24N2O9/c1-5-32-21(27)13(2)33-17-8-6-14(11-19(17)30-3)10-16-20(26)25(23(29)24-16)12-15-7-9-18(34-15)22(28)31-4/h6-11,13H,5,12H2,1-4H3,(H,24,29)/b16-10-/t13-/m1/s1. The number of rotatable bonds is 9. The summed E-state index contributed by atoms with van der Waals surface area (Å²) in [7, 11) is 2.65. The van der Waals surface area contributed by atoms with Crippen molar-refractivity contribution in [3.8, 4) is 11.5 Å². The van der Waals surface area contributed by atoms with Crippen LogP contribution in [0, 0.1) is 0 Å². The Hall–Kier alpha value is -4.28. The third-order valence-corrected chi connectivity index (χ3v) is 4.75. The molecular formula is C23H24N2O9. The minimum absolute atomic E-state index is 0.0352. The topological polar surface area (TPSA) is 134 Å². The number of amides is 3. The van der Waals surface area contributed by atoms with E-state index in [-0.39, 0.29) is 30.4 Å². The maximum atomic E-state index is 12.8. The zero-order chi connectivity index (χ0) is 24.8. The molecule has 3 amide bonds. The van der Waals surface area contributed by atoms with Gasteiger partial charge in [0.05, 0.1) is 27.4 Å². The number of imide groups is 1. The van der Waals surface area contributed by atoms with Crippen molar-refractivity contribution in [1.29, 1.82) is 0 Å². The minimum atomic E-state index is -0.844. The maximum absolute atomic E-state index is 12.8. The van der Waals surface area contributed by atoms with Crippen molar-refractivity contribution in [2.45, 2.75) is 26.5 Å². The van der Waals surface area contributed by atoms with Gasteiger partial charge in [0, 0.05) is 0 Å². The highest BCUT2D eigenvalue weighted by Crippen LogP contribution is 2.30. The fraction of sp³-hybridized carbons (Fsp3) is 0.304. The molecule has 34 heavy (non-hydrogen) atoms. The number of hydrogen-bond donors (Lipinski definition) is 1. The molecule has 1 fully saturated rings. The number of ether oxygens (including phenoxy) is 4. The van der Waals surface area contributed by atoms with Crippen LogP contribution in [0.25, 0.3) is 6.08 Å². The van der Waals surface area contributed by atoms with E-state index in [1.54, 1.807) is 32.0 Å². The molecule has 2 aromatic rings. The SMILES string of the molecule is CCOC(=O)[C@@H](C)Oc1ccc(/C=C2\NC(=O)N(Cc3ccc(C(=O)OC)o3)C2=O)cc1OC. The summed E-state index contributed by atoms with van der Waals surface area (Å²) in [5.74, 6) is -0.905. The lowest BCUT2D eigenvalue weighted by Gasteiger charge is -2.16. The quantitative estimate of drug-likeness (QED) is 0.332. The van der Waals surface area contributed by atoms with Crippen LogP contribution in [0.5, 0.6) is 11.5 Å². The number of methoxy groups -OCH3 is 2. The second-order valence-corrected chi connectivity index (χ2v) is 7.06. The molecule has 1 atom stereocenters. The van der Waals surface area contributed by atoms with Crippen LogP contribution >= 0.6 is 0 Å². The average Bonchev–Trinajstić information content (AvgIpc) is 3.40. The summed E-state index contributed by atoms with van der Waals surface area (Å²) in [4.78, 5) is 49.4. The molecule has 0 saturated carbocycles. The van der Waals surface area contributed by atoms with Crippen molar-refractivity contribution in [2.24, 2.45) is 0 Å². The Balaban J connectivity index is 1.74. The highest BCUT2D eigenvalue weighted by atomic mass is 16.6. The van der Waals surface area contributed by atoms with Crippen molar-refractivity contribution >= 4 is 30.0 Å². The molecule has 1 aromatic carbocycles. The zero-order valence-corrected chi connectivity index (χ0v) is 19.1. The van der Waals surface area contributed by atoms with Gasteiger partial charge in [0.2, 0.25) is 5.76 Å². The molecule has 3 rings (SSSR count). The van der Waals surface area contributed by atoms with Crippen LogP contribution in [0.15, 0.2) is 40.4 Å². The van der Waals surface area contributed by atoms with Crippen molar-refractivity contribution in [3.05, 3.63) is 53.1 Å². The molecule has 1 N–H and O–H groups in total. The Morgan fingerprint density at radius 3 is 2.59 bits per heavy atom. The molecular weight excluding hydrogens is 448 g/mol. The van der Waals surface area contributed by atoms with Gasteiger partial charge in [0.15, 0.2) is 17.6 Å². The number of carbonyl (C=O) groups is 4. The van der Waals surface area contributed by atoms with E-state index in [0.717, 1.165) is 4.90 Å². The lowest BCUT2D eigenvalue weighted by Crippen LogP contribution is -2.30. The Morgan fingerprint density at radius 1 is 1.15 bits per heavy atom. The summed E-state index contributed by atoms with van der Waals surface area (Å²) >= 11 is 0. The van der Waals surface area contributed by atoms with Gasteiger partial charge in [0.1, 0.15) is 11.5 Å². The lowest BCUT2D eigenvalue weighted by molar-refractivity contribution is -0.150. The van der Waals surface area contributed by atoms with E-state index in [0.29, 0.717) is 17.1 Å². The van der Waals surface area contributed by atoms with E-state index in [2.05, 4.69) is 10.1 Å². The molecule has 2 heterocycles. The van der Waals surface area contributed by atoms with Crippen molar-refractivity contribution in [1.82, 2.24) is 10.2 Å². The first-order chi connectivity index (χ1) is 16.3. The average molecular weight is 472 g/mol. The van der Waals surface area contributed by atoms with E-state index in [1.807, 2.05) is 0 Å². The molecule has 0 bridgehead atoms. The van der Waals surface area contributed by atoms with Gasteiger partial charge in [-0.1, -0.05) is 6.07 Å². The molecule has 11 nitrogen and oxygen atoms in total. The largest absolute Gasteiger partial charge is 0.493 e.